The average molecular weight is 424 g/mol. The van der Waals surface area contributed by atoms with Gasteiger partial charge in [0.25, 0.3) is 0 Å². The van der Waals surface area contributed by atoms with Crippen LogP contribution in [0.3, 0.4) is 0 Å². The van der Waals surface area contributed by atoms with Crippen molar-refractivity contribution in [3.05, 3.63) is 59.9 Å². The highest BCUT2D eigenvalue weighted by Crippen LogP contribution is 2.18. The van der Waals surface area contributed by atoms with Gasteiger partial charge >= 0.3 is 6.03 Å². The molecule has 2 fully saturated rings. The molecule has 31 heavy (non-hydrogen) atoms. The lowest BCUT2D eigenvalue weighted by Crippen LogP contribution is -2.46. The number of aromatic nitrogens is 1. The minimum Gasteiger partial charge on any atom is -0.379 e. The van der Waals surface area contributed by atoms with Crippen molar-refractivity contribution >= 4 is 11.7 Å². The SMILES string of the molecule is O=C(Nc1ccccc1CN1CCOCC1)NC1CCN(CCc2ccncc2)CC1. The van der Waals surface area contributed by atoms with Crippen molar-refractivity contribution in [1.82, 2.24) is 20.1 Å². The summed E-state index contributed by atoms with van der Waals surface area (Å²) in [6.07, 6.45) is 6.71. The quantitative estimate of drug-likeness (QED) is 0.717. The Hall–Kier alpha value is -2.48. The molecule has 0 radical (unpaired) electrons. The molecule has 0 aliphatic carbocycles. The standard InChI is InChI=1S/C24H33N5O2/c30-24(27-23-4-2-1-3-21(23)19-29-15-17-31-18-16-29)26-22-8-13-28(14-9-22)12-7-20-5-10-25-11-6-20/h1-6,10-11,22H,7-9,12-19H2,(H2,26,27,30). The molecule has 0 spiro atoms. The van der Waals surface area contributed by atoms with Gasteiger partial charge < -0.3 is 20.3 Å². The summed E-state index contributed by atoms with van der Waals surface area (Å²) >= 11 is 0. The van der Waals surface area contributed by atoms with Crippen molar-refractivity contribution in [2.45, 2.75) is 31.8 Å². The van der Waals surface area contributed by atoms with Crippen molar-refractivity contribution in [1.29, 1.82) is 0 Å². The van der Waals surface area contributed by atoms with Gasteiger partial charge in [-0.3, -0.25) is 9.88 Å². The van der Waals surface area contributed by atoms with Gasteiger partial charge in [0.2, 0.25) is 0 Å². The molecule has 2 saturated heterocycles. The van der Waals surface area contributed by atoms with Crippen molar-refractivity contribution in [3.8, 4) is 0 Å². The van der Waals surface area contributed by atoms with E-state index in [2.05, 4.69) is 43.6 Å². The summed E-state index contributed by atoms with van der Waals surface area (Å²) in [5.41, 5.74) is 3.36. The number of pyridine rings is 1. The zero-order valence-electron chi connectivity index (χ0n) is 18.1. The highest BCUT2D eigenvalue weighted by atomic mass is 16.5. The van der Waals surface area contributed by atoms with Gasteiger partial charge in [0, 0.05) is 63.4 Å². The van der Waals surface area contributed by atoms with Crippen LogP contribution < -0.4 is 10.6 Å². The Morgan fingerprint density at radius 2 is 1.74 bits per heavy atom. The third-order valence-electron chi connectivity index (χ3n) is 6.15. The van der Waals surface area contributed by atoms with Crippen LogP contribution in [0.15, 0.2) is 48.8 Å². The number of piperidine rings is 1. The lowest BCUT2D eigenvalue weighted by atomic mass is 10.0. The van der Waals surface area contributed by atoms with Crippen LogP contribution in [0.2, 0.25) is 0 Å². The highest BCUT2D eigenvalue weighted by molar-refractivity contribution is 5.90. The number of para-hydroxylation sites is 1. The maximum absolute atomic E-state index is 12.6. The lowest BCUT2D eigenvalue weighted by Gasteiger charge is -2.32. The van der Waals surface area contributed by atoms with Crippen LogP contribution in [0.4, 0.5) is 10.5 Å². The molecule has 0 atom stereocenters. The number of nitrogens with one attached hydrogen (secondary N) is 2. The molecule has 0 bridgehead atoms. The topological polar surface area (TPSA) is 69.7 Å². The number of urea groups is 1. The number of carbonyl (C=O) groups excluding carboxylic acids is 1. The average Bonchev–Trinajstić information content (AvgIpc) is 2.81. The molecular formula is C24H33N5O2. The molecule has 0 unspecified atom stereocenters. The van der Waals surface area contributed by atoms with Crippen LogP contribution in [-0.4, -0.2) is 72.8 Å². The molecule has 2 aliphatic heterocycles. The number of anilines is 1. The maximum atomic E-state index is 12.6. The van der Waals surface area contributed by atoms with E-state index in [1.165, 1.54) is 5.56 Å². The number of ether oxygens (including phenoxy) is 1. The Balaban J connectivity index is 1.21. The second-order valence-corrected chi connectivity index (χ2v) is 8.37. The minimum atomic E-state index is -0.107. The van der Waals surface area contributed by atoms with E-state index in [1.807, 2.05) is 30.6 Å². The Morgan fingerprint density at radius 1 is 1.00 bits per heavy atom. The van der Waals surface area contributed by atoms with E-state index in [9.17, 15) is 4.79 Å². The number of hydrogen-bond acceptors (Lipinski definition) is 5. The van der Waals surface area contributed by atoms with Crippen LogP contribution in [0.25, 0.3) is 0 Å². The van der Waals surface area contributed by atoms with Crippen LogP contribution >= 0.6 is 0 Å². The van der Waals surface area contributed by atoms with Crippen molar-refractivity contribution in [3.63, 3.8) is 0 Å². The van der Waals surface area contributed by atoms with Crippen LogP contribution in [0.5, 0.6) is 0 Å². The first kappa shape index (κ1) is 21.7. The predicted molar refractivity (Wildman–Crippen MR) is 122 cm³/mol. The number of rotatable bonds is 7. The Morgan fingerprint density at radius 3 is 2.52 bits per heavy atom. The molecule has 2 aliphatic rings. The van der Waals surface area contributed by atoms with E-state index < -0.39 is 0 Å². The van der Waals surface area contributed by atoms with Gasteiger partial charge in [0.05, 0.1) is 13.2 Å². The molecule has 1 aromatic heterocycles. The second kappa shape index (κ2) is 11.2. The molecule has 7 nitrogen and oxygen atoms in total. The fourth-order valence-corrected chi connectivity index (χ4v) is 4.26. The molecule has 7 heteroatoms. The second-order valence-electron chi connectivity index (χ2n) is 8.37. The van der Waals surface area contributed by atoms with Gasteiger partial charge in [-0.05, 0) is 48.6 Å². The maximum Gasteiger partial charge on any atom is 0.319 e. The fourth-order valence-electron chi connectivity index (χ4n) is 4.26. The summed E-state index contributed by atoms with van der Waals surface area (Å²) in [5.74, 6) is 0. The molecule has 4 rings (SSSR count). The Kier molecular flexibility index (Phi) is 7.87. The van der Waals surface area contributed by atoms with E-state index >= 15 is 0 Å². The Bertz CT molecular complexity index is 818. The van der Waals surface area contributed by atoms with E-state index in [4.69, 9.17) is 4.74 Å². The summed E-state index contributed by atoms with van der Waals surface area (Å²) in [6.45, 7) is 7.33. The fraction of sp³-hybridized carbons (Fsp3) is 0.500. The summed E-state index contributed by atoms with van der Waals surface area (Å²) in [7, 11) is 0. The molecule has 2 aromatic rings. The van der Waals surface area contributed by atoms with E-state index in [-0.39, 0.29) is 12.1 Å². The molecular weight excluding hydrogens is 390 g/mol. The summed E-state index contributed by atoms with van der Waals surface area (Å²) in [6, 6.07) is 12.3. The molecule has 1 aromatic carbocycles. The van der Waals surface area contributed by atoms with Crippen LogP contribution in [0.1, 0.15) is 24.0 Å². The number of amides is 2. The summed E-state index contributed by atoms with van der Waals surface area (Å²) in [4.78, 5) is 21.6. The lowest BCUT2D eigenvalue weighted by molar-refractivity contribution is 0.0343. The number of carbonyl (C=O) groups is 1. The molecule has 3 heterocycles. The Labute approximate surface area is 184 Å². The normalized spacial score (nSPS) is 18.6. The molecule has 166 valence electrons. The van der Waals surface area contributed by atoms with Crippen molar-refractivity contribution in [2.75, 3.05) is 51.3 Å². The smallest absolute Gasteiger partial charge is 0.319 e. The van der Waals surface area contributed by atoms with E-state index in [0.717, 1.165) is 83.0 Å². The number of hydrogen-bond donors (Lipinski definition) is 2. The third kappa shape index (κ3) is 6.75. The van der Waals surface area contributed by atoms with E-state index in [0.29, 0.717) is 0 Å². The number of likely N-dealkylation sites (tertiary alicyclic amines) is 1. The monoisotopic (exact) mass is 423 g/mol. The molecule has 2 N–H and O–H groups in total. The first-order chi connectivity index (χ1) is 15.3. The van der Waals surface area contributed by atoms with Crippen LogP contribution in [-0.2, 0) is 17.7 Å². The third-order valence-corrected chi connectivity index (χ3v) is 6.15. The largest absolute Gasteiger partial charge is 0.379 e. The van der Waals surface area contributed by atoms with Crippen molar-refractivity contribution in [2.24, 2.45) is 0 Å². The first-order valence-electron chi connectivity index (χ1n) is 11.3. The minimum absolute atomic E-state index is 0.107. The first-order valence-corrected chi connectivity index (χ1v) is 11.3. The summed E-state index contributed by atoms with van der Waals surface area (Å²) in [5, 5.41) is 6.25. The number of nitrogens with zero attached hydrogens (tertiary/aromatic N) is 3. The van der Waals surface area contributed by atoms with E-state index in [1.54, 1.807) is 0 Å². The summed E-state index contributed by atoms with van der Waals surface area (Å²) < 4.78 is 5.43. The van der Waals surface area contributed by atoms with Gasteiger partial charge in [-0.15, -0.1) is 0 Å². The van der Waals surface area contributed by atoms with Gasteiger partial charge in [-0.1, -0.05) is 18.2 Å². The zero-order chi connectivity index (χ0) is 21.3. The van der Waals surface area contributed by atoms with Crippen molar-refractivity contribution < 1.29 is 9.53 Å². The molecule has 0 saturated carbocycles. The van der Waals surface area contributed by atoms with Crippen LogP contribution in [0, 0.1) is 0 Å². The van der Waals surface area contributed by atoms with Gasteiger partial charge in [-0.25, -0.2) is 4.79 Å². The van der Waals surface area contributed by atoms with Gasteiger partial charge in [0.1, 0.15) is 0 Å². The van der Waals surface area contributed by atoms with Gasteiger partial charge in [0.15, 0.2) is 0 Å². The number of benzene rings is 1. The van der Waals surface area contributed by atoms with Gasteiger partial charge in [-0.2, -0.15) is 0 Å². The highest BCUT2D eigenvalue weighted by Gasteiger charge is 2.21. The predicted octanol–water partition coefficient (Wildman–Crippen LogP) is 2.74. The zero-order valence-corrected chi connectivity index (χ0v) is 18.1. The number of morpholine rings is 1. The molecule has 2 amide bonds.